The largest absolute Gasteiger partial charge is 0.338 e. The summed E-state index contributed by atoms with van der Waals surface area (Å²) >= 11 is 11.2. The first-order valence-corrected chi connectivity index (χ1v) is 10.7. The molecule has 6 nitrogen and oxygen atoms in total. The van der Waals surface area contributed by atoms with Crippen LogP contribution in [-0.2, 0) is 9.47 Å². The molecule has 2 aromatic rings. The average Bonchev–Trinajstić information content (AvgIpc) is 3.30. The second kappa shape index (κ2) is 10.2. The van der Waals surface area contributed by atoms with E-state index in [1.54, 1.807) is 10.0 Å². The molecule has 0 unspecified atom stereocenters. The maximum atomic E-state index is 6.01. The van der Waals surface area contributed by atoms with Crippen LogP contribution in [0, 0.1) is 0 Å². The SMILES string of the molecule is CC(=NN(C)C(=S)c1ccccc1)C1(C(C)=NN(C)C(=S)c2ccccc2)OCCO1. The van der Waals surface area contributed by atoms with Crippen LogP contribution in [0.15, 0.2) is 70.9 Å². The highest BCUT2D eigenvalue weighted by molar-refractivity contribution is 7.80. The molecule has 0 aliphatic carbocycles. The topological polar surface area (TPSA) is 49.7 Å². The lowest BCUT2D eigenvalue weighted by Crippen LogP contribution is -2.47. The van der Waals surface area contributed by atoms with E-state index in [0.717, 1.165) is 11.1 Å². The smallest absolute Gasteiger partial charge is 0.252 e. The molecule has 0 aromatic heterocycles. The second-order valence-corrected chi connectivity index (χ2v) is 7.85. The van der Waals surface area contributed by atoms with Crippen molar-refractivity contribution in [2.75, 3.05) is 27.3 Å². The number of ether oxygens (including phenoxy) is 2. The predicted octanol–water partition coefficient (Wildman–Crippen LogP) is 4.10. The Morgan fingerprint density at radius 2 is 1.10 bits per heavy atom. The van der Waals surface area contributed by atoms with Crippen molar-refractivity contribution in [3.63, 3.8) is 0 Å². The quantitative estimate of drug-likeness (QED) is 0.372. The van der Waals surface area contributed by atoms with Crippen LogP contribution in [0.2, 0.25) is 0 Å². The Kier molecular flexibility index (Phi) is 7.61. The molecule has 2 aromatic carbocycles. The van der Waals surface area contributed by atoms with E-state index in [1.165, 1.54) is 0 Å². The van der Waals surface area contributed by atoms with Gasteiger partial charge in [-0.25, -0.2) is 0 Å². The zero-order valence-electron chi connectivity index (χ0n) is 18.1. The van der Waals surface area contributed by atoms with E-state index in [0.29, 0.717) is 34.6 Å². The number of hydrogen-bond donors (Lipinski definition) is 0. The molecule has 1 heterocycles. The van der Waals surface area contributed by atoms with E-state index in [4.69, 9.17) is 33.9 Å². The normalized spacial score (nSPS) is 16.1. The van der Waals surface area contributed by atoms with Gasteiger partial charge in [-0.3, -0.25) is 10.0 Å². The van der Waals surface area contributed by atoms with Crippen molar-refractivity contribution < 1.29 is 9.47 Å². The number of rotatable bonds is 6. The molecule has 0 radical (unpaired) electrons. The molecular weight excluding hydrogens is 428 g/mol. The van der Waals surface area contributed by atoms with E-state index in [1.807, 2.05) is 88.6 Å². The highest BCUT2D eigenvalue weighted by Crippen LogP contribution is 2.25. The fourth-order valence-electron chi connectivity index (χ4n) is 3.30. The van der Waals surface area contributed by atoms with Crippen LogP contribution in [-0.4, -0.2) is 64.5 Å². The number of benzene rings is 2. The van der Waals surface area contributed by atoms with Crippen LogP contribution >= 0.6 is 24.4 Å². The summed E-state index contributed by atoms with van der Waals surface area (Å²) in [5.41, 5.74) is 3.03. The Labute approximate surface area is 194 Å². The highest BCUT2D eigenvalue weighted by atomic mass is 32.1. The van der Waals surface area contributed by atoms with Gasteiger partial charge in [0.05, 0.1) is 13.2 Å². The molecule has 1 fully saturated rings. The highest BCUT2D eigenvalue weighted by Gasteiger charge is 2.44. The minimum atomic E-state index is -1.17. The molecule has 1 aliphatic heterocycles. The number of thiocarbonyl (C=S) groups is 2. The van der Waals surface area contributed by atoms with Gasteiger partial charge in [-0.15, -0.1) is 0 Å². The van der Waals surface area contributed by atoms with Crippen molar-refractivity contribution >= 4 is 45.8 Å². The zero-order chi connectivity index (χ0) is 22.4. The van der Waals surface area contributed by atoms with Crippen LogP contribution in [0.5, 0.6) is 0 Å². The standard InChI is InChI=1S/C23H26N4O2S2/c1-17(24-26(3)21(30)19-11-7-5-8-12-19)23(28-15-16-29-23)18(2)25-27(4)22(31)20-13-9-6-10-14-20/h5-14H,15-16H2,1-4H3. The Bertz CT molecular complexity index is 912. The summed E-state index contributed by atoms with van der Waals surface area (Å²) in [5, 5.41) is 12.6. The van der Waals surface area contributed by atoms with Crippen molar-refractivity contribution in [3.8, 4) is 0 Å². The van der Waals surface area contributed by atoms with Crippen LogP contribution in [0.4, 0.5) is 0 Å². The lowest BCUT2D eigenvalue weighted by atomic mass is 10.1. The molecule has 0 spiro atoms. The van der Waals surface area contributed by atoms with Gasteiger partial charge in [-0.05, 0) is 13.8 Å². The van der Waals surface area contributed by atoms with Gasteiger partial charge in [0.2, 0.25) is 0 Å². The van der Waals surface area contributed by atoms with E-state index in [-0.39, 0.29) is 0 Å². The fourth-order valence-corrected chi connectivity index (χ4v) is 3.65. The monoisotopic (exact) mass is 454 g/mol. The second-order valence-electron chi connectivity index (χ2n) is 7.07. The van der Waals surface area contributed by atoms with Crippen LogP contribution < -0.4 is 0 Å². The molecule has 1 saturated heterocycles. The van der Waals surface area contributed by atoms with Gasteiger partial charge in [0.25, 0.3) is 5.79 Å². The van der Waals surface area contributed by atoms with Crippen LogP contribution in [0.3, 0.4) is 0 Å². The fraction of sp³-hybridized carbons (Fsp3) is 0.304. The maximum Gasteiger partial charge on any atom is 0.252 e. The molecule has 0 amide bonds. The van der Waals surface area contributed by atoms with Gasteiger partial charge in [-0.2, -0.15) is 10.2 Å². The molecule has 0 N–H and O–H groups in total. The van der Waals surface area contributed by atoms with Gasteiger partial charge in [-0.1, -0.05) is 85.1 Å². The van der Waals surface area contributed by atoms with Gasteiger partial charge in [0, 0.05) is 25.2 Å². The lowest BCUT2D eigenvalue weighted by molar-refractivity contribution is -0.0415. The molecule has 0 saturated carbocycles. The molecule has 8 heteroatoms. The van der Waals surface area contributed by atoms with Crippen LogP contribution in [0.1, 0.15) is 25.0 Å². The minimum absolute atomic E-state index is 0.444. The first-order chi connectivity index (χ1) is 14.8. The van der Waals surface area contributed by atoms with Crippen molar-refractivity contribution in [1.29, 1.82) is 0 Å². The van der Waals surface area contributed by atoms with E-state index in [9.17, 15) is 0 Å². The van der Waals surface area contributed by atoms with Crippen molar-refractivity contribution in [3.05, 3.63) is 71.8 Å². The van der Waals surface area contributed by atoms with E-state index in [2.05, 4.69) is 10.2 Å². The summed E-state index contributed by atoms with van der Waals surface area (Å²) < 4.78 is 12.0. The Morgan fingerprint density at radius 3 is 1.45 bits per heavy atom. The Balaban J connectivity index is 1.84. The van der Waals surface area contributed by atoms with Crippen molar-refractivity contribution in [2.24, 2.45) is 10.2 Å². The molecule has 0 bridgehead atoms. The maximum absolute atomic E-state index is 6.01. The molecule has 3 rings (SSSR count). The Morgan fingerprint density at radius 1 is 0.742 bits per heavy atom. The van der Waals surface area contributed by atoms with Crippen LogP contribution in [0.25, 0.3) is 0 Å². The minimum Gasteiger partial charge on any atom is -0.338 e. The third-order valence-electron chi connectivity index (χ3n) is 4.88. The van der Waals surface area contributed by atoms with Crippen molar-refractivity contribution in [2.45, 2.75) is 19.6 Å². The third-order valence-corrected chi connectivity index (χ3v) is 5.88. The lowest BCUT2D eigenvalue weighted by Gasteiger charge is -2.29. The molecule has 162 valence electrons. The summed E-state index contributed by atoms with van der Waals surface area (Å²) in [6.45, 7) is 4.59. The van der Waals surface area contributed by atoms with Gasteiger partial charge >= 0.3 is 0 Å². The first-order valence-electron chi connectivity index (χ1n) is 9.90. The van der Waals surface area contributed by atoms with E-state index >= 15 is 0 Å². The summed E-state index contributed by atoms with van der Waals surface area (Å²) in [6, 6.07) is 19.5. The number of hydrazone groups is 2. The first kappa shape index (κ1) is 23.1. The summed E-state index contributed by atoms with van der Waals surface area (Å²) in [4.78, 5) is 1.20. The number of nitrogens with zero attached hydrogens (tertiary/aromatic N) is 4. The molecule has 31 heavy (non-hydrogen) atoms. The average molecular weight is 455 g/mol. The van der Waals surface area contributed by atoms with E-state index < -0.39 is 5.79 Å². The number of hydrogen-bond acceptors (Lipinski definition) is 6. The summed E-state index contributed by atoms with van der Waals surface area (Å²) in [6.07, 6.45) is 0. The molecule has 0 atom stereocenters. The molecular formula is C23H26N4O2S2. The summed E-state index contributed by atoms with van der Waals surface area (Å²) in [7, 11) is 3.62. The van der Waals surface area contributed by atoms with Gasteiger partial charge in [0.15, 0.2) is 0 Å². The summed E-state index contributed by atoms with van der Waals surface area (Å²) in [5.74, 6) is -1.17. The Hall–Kier alpha value is -2.52. The third kappa shape index (κ3) is 5.22. The predicted molar refractivity (Wildman–Crippen MR) is 133 cm³/mol. The van der Waals surface area contributed by atoms with Gasteiger partial charge in [0.1, 0.15) is 21.4 Å². The van der Waals surface area contributed by atoms with Crippen molar-refractivity contribution in [1.82, 2.24) is 10.0 Å². The van der Waals surface area contributed by atoms with Gasteiger partial charge < -0.3 is 9.47 Å². The zero-order valence-corrected chi connectivity index (χ0v) is 19.7. The molecule has 1 aliphatic rings.